The molecule has 1 aromatic heterocycles. The lowest BCUT2D eigenvalue weighted by molar-refractivity contribution is -0.119. The lowest BCUT2D eigenvalue weighted by Gasteiger charge is -2.28. The van der Waals surface area contributed by atoms with E-state index in [0.29, 0.717) is 37.3 Å². The molecule has 0 aliphatic heterocycles. The van der Waals surface area contributed by atoms with Crippen LogP contribution in [0.5, 0.6) is 0 Å². The molecule has 2 aromatic rings. The Morgan fingerprint density at radius 1 is 1.37 bits per heavy atom. The minimum Gasteiger partial charge on any atom is -0.372 e. The van der Waals surface area contributed by atoms with Gasteiger partial charge in [-0.25, -0.2) is 4.98 Å². The molecule has 1 aromatic carbocycles. The topological polar surface area (TPSA) is 45.2 Å². The molecule has 0 saturated carbocycles. The van der Waals surface area contributed by atoms with Crippen LogP contribution < -0.4 is 5.32 Å². The van der Waals surface area contributed by atoms with Gasteiger partial charge in [-0.1, -0.05) is 13.0 Å². The summed E-state index contributed by atoms with van der Waals surface area (Å²) in [4.78, 5) is 18.9. The molecule has 1 aliphatic rings. The number of likely N-dealkylation sites (N-methyl/N-ethyl adjacent to an activating group) is 1. The highest BCUT2D eigenvalue weighted by molar-refractivity contribution is 7.18. The molecule has 1 amide bonds. The number of hydrogen-bond donors (Lipinski definition) is 1. The number of fused-ring (bicyclic) bond motifs is 1. The average molecular weight is 438 g/mol. The standard InChI is InChI=1S/C22H26F3N3OS/c1-4-28(18-7-5-6-16(12-18)22(23,24)25)11-10-14(2)21(29)27-17-8-9-20-19(13-17)26-15(3)30-20/h7-9,12-14H,4-6,10-11H2,1-3H3,(H,27,29). The van der Waals surface area contributed by atoms with Gasteiger partial charge in [0.15, 0.2) is 0 Å². The van der Waals surface area contributed by atoms with E-state index >= 15 is 0 Å². The second kappa shape index (κ2) is 9.20. The second-order valence-corrected chi connectivity index (χ2v) is 8.74. The van der Waals surface area contributed by atoms with E-state index in [4.69, 9.17) is 0 Å². The first-order chi connectivity index (χ1) is 14.2. The summed E-state index contributed by atoms with van der Waals surface area (Å²) in [5.74, 6) is -0.385. The molecule has 0 saturated heterocycles. The highest BCUT2D eigenvalue weighted by atomic mass is 32.1. The van der Waals surface area contributed by atoms with Crippen LogP contribution in [0.2, 0.25) is 0 Å². The lowest BCUT2D eigenvalue weighted by Crippen LogP contribution is -2.29. The molecule has 0 radical (unpaired) electrons. The minimum absolute atomic E-state index is 0.0201. The number of thiazole rings is 1. The van der Waals surface area contributed by atoms with Crippen molar-refractivity contribution in [3.05, 3.63) is 46.6 Å². The number of aromatic nitrogens is 1. The molecule has 3 rings (SSSR count). The number of halogens is 3. The molecule has 1 N–H and O–H groups in total. The van der Waals surface area contributed by atoms with Gasteiger partial charge in [-0.15, -0.1) is 11.3 Å². The molecule has 1 unspecified atom stereocenters. The van der Waals surface area contributed by atoms with Crippen LogP contribution in [0.15, 0.2) is 41.6 Å². The van der Waals surface area contributed by atoms with E-state index in [1.165, 1.54) is 6.08 Å². The molecular weight excluding hydrogens is 411 g/mol. The van der Waals surface area contributed by atoms with Crippen LogP contribution in [0.3, 0.4) is 0 Å². The third-order valence-electron chi connectivity index (χ3n) is 5.24. The third-order valence-corrected chi connectivity index (χ3v) is 6.19. The number of amides is 1. The van der Waals surface area contributed by atoms with Gasteiger partial charge in [0.05, 0.1) is 15.2 Å². The second-order valence-electron chi connectivity index (χ2n) is 7.51. The van der Waals surface area contributed by atoms with Crippen molar-refractivity contribution >= 4 is 33.1 Å². The van der Waals surface area contributed by atoms with Crippen LogP contribution in [0.25, 0.3) is 10.2 Å². The monoisotopic (exact) mass is 437 g/mol. The van der Waals surface area contributed by atoms with Crippen molar-refractivity contribution in [3.63, 3.8) is 0 Å². The number of carbonyl (C=O) groups excluding carboxylic acids is 1. The van der Waals surface area contributed by atoms with Crippen molar-refractivity contribution in [1.29, 1.82) is 0 Å². The van der Waals surface area contributed by atoms with Gasteiger partial charge >= 0.3 is 6.18 Å². The summed E-state index contributed by atoms with van der Waals surface area (Å²) in [5, 5.41) is 3.90. The lowest BCUT2D eigenvalue weighted by atomic mass is 10.0. The van der Waals surface area contributed by atoms with Crippen molar-refractivity contribution in [2.24, 2.45) is 5.92 Å². The zero-order valence-electron chi connectivity index (χ0n) is 17.3. The number of alkyl halides is 3. The summed E-state index contributed by atoms with van der Waals surface area (Å²) in [6.07, 6.45) is -0.261. The van der Waals surface area contributed by atoms with E-state index in [1.54, 1.807) is 11.3 Å². The number of nitrogens with one attached hydrogen (secondary N) is 1. The largest absolute Gasteiger partial charge is 0.412 e. The van der Waals surface area contributed by atoms with Crippen molar-refractivity contribution in [2.45, 2.75) is 46.2 Å². The quantitative estimate of drug-likeness (QED) is 0.573. The fourth-order valence-electron chi connectivity index (χ4n) is 3.47. The minimum atomic E-state index is -4.29. The van der Waals surface area contributed by atoms with Crippen LogP contribution in [0, 0.1) is 12.8 Å². The van der Waals surface area contributed by atoms with Gasteiger partial charge in [-0.2, -0.15) is 13.2 Å². The first-order valence-corrected chi connectivity index (χ1v) is 10.9. The maximum absolute atomic E-state index is 13.0. The molecule has 0 fully saturated rings. The Morgan fingerprint density at radius 2 is 2.13 bits per heavy atom. The van der Waals surface area contributed by atoms with E-state index in [2.05, 4.69) is 10.3 Å². The summed E-state index contributed by atoms with van der Waals surface area (Å²) in [6, 6.07) is 5.66. The van der Waals surface area contributed by atoms with Gasteiger partial charge < -0.3 is 10.2 Å². The summed E-state index contributed by atoms with van der Waals surface area (Å²) in [6.45, 7) is 6.79. The Balaban J connectivity index is 1.58. The highest BCUT2D eigenvalue weighted by Crippen LogP contribution is 2.33. The van der Waals surface area contributed by atoms with Crippen molar-refractivity contribution in [2.75, 3.05) is 18.4 Å². The van der Waals surface area contributed by atoms with Gasteiger partial charge in [-0.3, -0.25) is 4.79 Å². The smallest absolute Gasteiger partial charge is 0.372 e. The van der Waals surface area contributed by atoms with E-state index in [1.807, 2.05) is 49.9 Å². The molecule has 1 atom stereocenters. The molecule has 162 valence electrons. The number of nitrogens with zero attached hydrogens (tertiary/aromatic N) is 2. The average Bonchev–Trinajstić information content (AvgIpc) is 3.07. The number of carbonyl (C=O) groups is 1. The van der Waals surface area contributed by atoms with Gasteiger partial charge in [0.25, 0.3) is 0 Å². The van der Waals surface area contributed by atoms with Gasteiger partial charge in [0.1, 0.15) is 0 Å². The summed E-state index contributed by atoms with van der Waals surface area (Å²) in [5.41, 5.74) is 1.66. The first-order valence-electron chi connectivity index (χ1n) is 10.1. The SMILES string of the molecule is CCN(CCC(C)C(=O)Nc1ccc2sc(C)nc2c1)C1=CCCC(C(F)(F)F)=C1. The predicted octanol–water partition coefficient (Wildman–Crippen LogP) is 6.06. The van der Waals surface area contributed by atoms with Gasteiger partial charge in [0, 0.05) is 36.0 Å². The highest BCUT2D eigenvalue weighted by Gasteiger charge is 2.34. The number of aryl methyl sites for hydroxylation is 1. The van der Waals surface area contributed by atoms with E-state index in [9.17, 15) is 18.0 Å². The molecular formula is C22H26F3N3OS. The fraction of sp³-hybridized carbons (Fsp3) is 0.455. The van der Waals surface area contributed by atoms with Gasteiger partial charge in [0.2, 0.25) is 5.91 Å². The van der Waals surface area contributed by atoms with E-state index in [0.717, 1.165) is 15.2 Å². The molecule has 1 aliphatic carbocycles. The van der Waals surface area contributed by atoms with Crippen LogP contribution >= 0.6 is 11.3 Å². The fourth-order valence-corrected chi connectivity index (χ4v) is 4.27. The van der Waals surface area contributed by atoms with Crippen molar-refractivity contribution in [3.8, 4) is 0 Å². The number of hydrogen-bond acceptors (Lipinski definition) is 4. The predicted molar refractivity (Wildman–Crippen MR) is 115 cm³/mol. The Morgan fingerprint density at radius 3 is 2.83 bits per heavy atom. The zero-order valence-corrected chi connectivity index (χ0v) is 18.2. The van der Waals surface area contributed by atoms with E-state index in [-0.39, 0.29) is 18.2 Å². The van der Waals surface area contributed by atoms with Crippen LogP contribution in [0.4, 0.5) is 18.9 Å². The summed E-state index contributed by atoms with van der Waals surface area (Å²) < 4.78 is 40.2. The summed E-state index contributed by atoms with van der Waals surface area (Å²) >= 11 is 1.61. The van der Waals surface area contributed by atoms with Crippen LogP contribution in [-0.4, -0.2) is 35.1 Å². The molecule has 0 bridgehead atoms. The molecule has 8 heteroatoms. The number of benzene rings is 1. The Kier molecular flexibility index (Phi) is 6.85. The Labute approximate surface area is 178 Å². The molecule has 4 nitrogen and oxygen atoms in total. The Hall–Kier alpha value is -2.35. The van der Waals surface area contributed by atoms with Crippen molar-refractivity contribution in [1.82, 2.24) is 9.88 Å². The number of allylic oxidation sites excluding steroid dienone is 3. The molecule has 0 spiro atoms. The van der Waals surface area contributed by atoms with Crippen molar-refractivity contribution < 1.29 is 18.0 Å². The number of rotatable bonds is 7. The van der Waals surface area contributed by atoms with E-state index < -0.39 is 11.7 Å². The molecule has 1 heterocycles. The third kappa shape index (κ3) is 5.41. The molecule has 30 heavy (non-hydrogen) atoms. The normalized spacial score (nSPS) is 15.5. The van der Waals surface area contributed by atoms with Crippen LogP contribution in [0.1, 0.15) is 38.1 Å². The Bertz CT molecular complexity index is 978. The van der Waals surface area contributed by atoms with Gasteiger partial charge in [-0.05, 0) is 57.4 Å². The maximum Gasteiger partial charge on any atom is 0.412 e. The first kappa shape index (κ1) is 22.3. The summed E-state index contributed by atoms with van der Waals surface area (Å²) in [7, 11) is 0. The zero-order chi connectivity index (χ0) is 21.9. The number of anilines is 1. The van der Waals surface area contributed by atoms with Crippen LogP contribution in [-0.2, 0) is 4.79 Å². The maximum atomic E-state index is 13.0.